The molecule has 80 valence electrons. The molecule has 0 amide bonds. The smallest absolute Gasteiger partial charge is 0.271 e. The molecular formula is C6H10F3N5. The van der Waals surface area contributed by atoms with Crippen molar-refractivity contribution in [2.75, 3.05) is 0 Å². The highest BCUT2D eigenvalue weighted by atomic mass is 19.4. The Balaban J connectivity index is 2.49. The van der Waals surface area contributed by atoms with E-state index in [2.05, 4.69) is 20.6 Å². The number of H-pyrrole nitrogens is 1. The fraction of sp³-hybridized carbons (Fsp3) is 0.667. The van der Waals surface area contributed by atoms with E-state index in [0.717, 1.165) is 0 Å². The molecular weight excluding hydrogens is 199 g/mol. The Bertz CT molecular complexity index is 257. The van der Waals surface area contributed by atoms with Crippen LogP contribution in [0.4, 0.5) is 13.2 Å². The van der Waals surface area contributed by atoms with Crippen molar-refractivity contribution >= 4 is 0 Å². The Labute approximate surface area is 77.9 Å². The minimum Gasteiger partial charge on any atom is -0.271 e. The third kappa shape index (κ3) is 3.30. The summed E-state index contributed by atoms with van der Waals surface area (Å²) in [7, 11) is 0. The van der Waals surface area contributed by atoms with Crippen LogP contribution in [0.3, 0.4) is 0 Å². The molecule has 0 saturated heterocycles. The largest absolute Gasteiger partial charge is 0.389 e. The summed E-state index contributed by atoms with van der Waals surface area (Å²) in [4.78, 5) is 3.71. The number of rotatable bonds is 4. The second-order valence-corrected chi connectivity index (χ2v) is 2.74. The molecule has 14 heavy (non-hydrogen) atoms. The molecule has 1 aromatic heterocycles. The molecule has 5 nitrogen and oxygen atoms in total. The number of nitrogens with one attached hydrogen (secondary N) is 2. The van der Waals surface area contributed by atoms with Gasteiger partial charge in [-0.05, 0) is 6.42 Å². The zero-order valence-electron chi connectivity index (χ0n) is 7.17. The van der Waals surface area contributed by atoms with E-state index in [1.807, 2.05) is 0 Å². The number of hydrogen-bond acceptors (Lipinski definition) is 4. The number of hydrazine groups is 1. The normalized spacial score (nSPS) is 14.3. The molecule has 1 heterocycles. The van der Waals surface area contributed by atoms with Crippen LogP contribution in [0.5, 0.6) is 0 Å². The zero-order valence-corrected chi connectivity index (χ0v) is 7.17. The van der Waals surface area contributed by atoms with Crippen molar-refractivity contribution in [3.63, 3.8) is 0 Å². The Kier molecular flexibility index (Phi) is 3.42. The molecule has 0 spiro atoms. The lowest BCUT2D eigenvalue weighted by molar-refractivity contribution is -0.136. The molecule has 1 aromatic rings. The van der Waals surface area contributed by atoms with E-state index in [1.54, 1.807) is 0 Å². The first-order valence-electron chi connectivity index (χ1n) is 3.91. The van der Waals surface area contributed by atoms with Crippen molar-refractivity contribution in [2.45, 2.75) is 25.1 Å². The Morgan fingerprint density at radius 1 is 1.57 bits per heavy atom. The summed E-state index contributed by atoms with van der Waals surface area (Å²) < 4.78 is 35.6. The second kappa shape index (κ2) is 4.38. The van der Waals surface area contributed by atoms with Crippen molar-refractivity contribution in [1.82, 2.24) is 20.6 Å². The van der Waals surface area contributed by atoms with Crippen LogP contribution in [0, 0.1) is 0 Å². The number of nitrogens with zero attached hydrogens (tertiary/aromatic N) is 2. The highest BCUT2D eigenvalue weighted by Crippen LogP contribution is 2.25. The van der Waals surface area contributed by atoms with Gasteiger partial charge in [0.25, 0.3) is 0 Å². The van der Waals surface area contributed by atoms with Gasteiger partial charge >= 0.3 is 6.18 Å². The first-order valence-corrected chi connectivity index (χ1v) is 3.91. The lowest BCUT2D eigenvalue weighted by Gasteiger charge is -2.13. The molecule has 0 aromatic carbocycles. The fourth-order valence-electron chi connectivity index (χ4n) is 0.990. The highest BCUT2D eigenvalue weighted by molar-refractivity contribution is 4.90. The number of halogens is 3. The maximum atomic E-state index is 11.9. The summed E-state index contributed by atoms with van der Waals surface area (Å²) in [6, 6.07) is -0.654. The van der Waals surface area contributed by atoms with E-state index in [0.29, 0.717) is 5.82 Å². The summed E-state index contributed by atoms with van der Waals surface area (Å²) in [5.41, 5.74) is 2.24. The quantitative estimate of drug-likeness (QED) is 0.502. The van der Waals surface area contributed by atoms with Gasteiger partial charge in [-0.3, -0.25) is 10.9 Å². The van der Waals surface area contributed by atoms with Crippen LogP contribution in [0.25, 0.3) is 0 Å². The standard InChI is InChI=1S/C6H10F3N5/c7-6(8,9)2-1-4(13-10)5-11-3-12-14-5/h3-4,13H,1-2,10H2,(H,11,12,14). The molecule has 0 radical (unpaired) electrons. The van der Waals surface area contributed by atoms with Crippen LogP contribution in [0.1, 0.15) is 24.7 Å². The topological polar surface area (TPSA) is 79.6 Å². The predicted octanol–water partition coefficient (Wildman–Crippen LogP) is 0.652. The van der Waals surface area contributed by atoms with Crippen LogP contribution in [-0.2, 0) is 0 Å². The molecule has 1 atom stereocenters. The highest BCUT2D eigenvalue weighted by Gasteiger charge is 2.29. The third-order valence-corrected chi connectivity index (χ3v) is 1.68. The predicted molar refractivity (Wildman–Crippen MR) is 41.7 cm³/mol. The van der Waals surface area contributed by atoms with Gasteiger partial charge in [0, 0.05) is 6.42 Å². The van der Waals surface area contributed by atoms with Crippen LogP contribution < -0.4 is 11.3 Å². The Morgan fingerprint density at radius 2 is 2.29 bits per heavy atom. The van der Waals surface area contributed by atoms with Gasteiger partial charge in [-0.25, -0.2) is 10.4 Å². The monoisotopic (exact) mass is 209 g/mol. The molecule has 0 aliphatic rings. The van der Waals surface area contributed by atoms with Crippen molar-refractivity contribution in [1.29, 1.82) is 0 Å². The molecule has 8 heteroatoms. The summed E-state index contributed by atoms with van der Waals surface area (Å²) >= 11 is 0. The zero-order chi connectivity index (χ0) is 10.6. The molecule has 0 aliphatic heterocycles. The molecule has 1 unspecified atom stereocenters. The van der Waals surface area contributed by atoms with Gasteiger partial charge < -0.3 is 0 Å². The SMILES string of the molecule is NNC(CCC(F)(F)F)c1ncn[nH]1. The van der Waals surface area contributed by atoms with Gasteiger partial charge in [0.15, 0.2) is 0 Å². The average Bonchev–Trinajstić information content (AvgIpc) is 2.56. The van der Waals surface area contributed by atoms with E-state index >= 15 is 0 Å². The Morgan fingerprint density at radius 3 is 2.71 bits per heavy atom. The van der Waals surface area contributed by atoms with Gasteiger partial charge in [-0.2, -0.15) is 18.3 Å². The van der Waals surface area contributed by atoms with Gasteiger partial charge in [-0.15, -0.1) is 0 Å². The number of aromatic amines is 1. The molecule has 0 fully saturated rings. The fourth-order valence-corrected chi connectivity index (χ4v) is 0.990. The van der Waals surface area contributed by atoms with Crippen molar-refractivity contribution < 1.29 is 13.2 Å². The summed E-state index contributed by atoms with van der Waals surface area (Å²) in [6.45, 7) is 0. The van der Waals surface area contributed by atoms with Gasteiger partial charge in [0.05, 0.1) is 6.04 Å². The van der Waals surface area contributed by atoms with Crippen LogP contribution in [0.2, 0.25) is 0 Å². The van der Waals surface area contributed by atoms with Crippen LogP contribution in [-0.4, -0.2) is 21.4 Å². The molecule has 1 rings (SSSR count). The molecule has 0 saturated carbocycles. The first-order chi connectivity index (χ1) is 6.53. The minimum atomic E-state index is -4.19. The minimum absolute atomic E-state index is 0.171. The lowest BCUT2D eigenvalue weighted by Crippen LogP contribution is -2.30. The van der Waals surface area contributed by atoms with Gasteiger partial charge in [0.1, 0.15) is 12.2 Å². The van der Waals surface area contributed by atoms with Crippen LogP contribution >= 0.6 is 0 Å². The van der Waals surface area contributed by atoms with E-state index in [9.17, 15) is 13.2 Å². The average molecular weight is 209 g/mol. The maximum Gasteiger partial charge on any atom is 0.389 e. The summed E-state index contributed by atoms with van der Waals surface area (Å²) in [5, 5.41) is 5.98. The molecule has 4 N–H and O–H groups in total. The van der Waals surface area contributed by atoms with Gasteiger partial charge in [0.2, 0.25) is 0 Å². The molecule has 0 bridgehead atoms. The number of alkyl halides is 3. The third-order valence-electron chi connectivity index (χ3n) is 1.68. The summed E-state index contributed by atoms with van der Waals surface area (Å²) in [6.07, 6.45) is -4.06. The van der Waals surface area contributed by atoms with Crippen molar-refractivity contribution in [3.8, 4) is 0 Å². The van der Waals surface area contributed by atoms with Crippen molar-refractivity contribution in [3.05, 3.63) is 12.2 Å². The van der Waals surface area contributed by atoms with Crippen LogP contribution in [0.15, 0.2) is 6.33 Å². The van der Waals surface area contributed by atoms with E-state index in [-0.39, 0.29) is 6.42 Å². The number of aromatic nitrogens is 3. The molecule has 0 aliphatic carbocycles. The van der Waals surface area contributed by atoms with E-state index in [1.165, 1.54) is 6.33 Å². The first kappa shape index (κ1) is 10.9. The maximum absolute atomic E-state index is 11.9. The lowest BCUT2D eigenvalue weighted by atomic mass is 10.1. The van der Waals surface area contributed by atoms with Gasteiger partial charge in [-0.1, -0.05) is 0 Å². The second-order valence-electron chi connectivity index (χ2n) is 2.74. The summed E-state index contributed by atoms with van der Waals surface area (Å²) in [5.74, 6) is 5.39. The Hall–Kier alpha value is -1.15. The number of nitrogens with two attached hydrogens (primary N) is 1. The number of hydrogen-bond donors (Lipinski definition) is 3. The van der Waals surface area contributed by atoms with Crippen molar-refractivity contribution in [2.24, 2.45) is 5.84 Å². The van der Waals surface area contributed by atoms with E-state index in [4.69, 9.17) is 5.84 Å². The van der Waals surface area contributed by atoms with E-state index < -0.39 is 18.6 Å².